The van der Waals surface area contributed by atoms with Gasteiger partial charge in [-0.2, -0.15) is 0 Å². The molecule has 1 saturated heterocycles. The molecule has 1 fully saturated rings. The Hall–Kier alpha value is -1.07. The van der Waals surface area contributed by atoms with Gasteiger partial charge < -0.3 is 5.32 Å². The van der Waals surface area contributed by atoms with Crippen LogP contribution in [0.15, 0.2) is 24.3 Å². The van der Waals surface area contributed by atoms with E-state index in [2.05, 4.69) is 5.32 Å². The standard InChI is InChI=1S/C15H24N2O2S/c1-13-3-5-15(6-4-13)17(2)20(18,19)12-9-14-7-10-16-11-8-14/h3-6,14,16H,7-12H2,1-2H3. The molecule has 0 radical (unpaired) electrons. The molecule has 4 nitrogen and oxygen atoms in total. The summed E-state index contributed by atoms with van der Waals surface area (Å²) in [5.74, 6) is 0.777. The van der Waals surface area contributed by atoms with Crippen molar-refractivity contribution in [1.82, 2.24) is 5.32 Å². The Morgan fingerprint density at radius 3 is 2.40 bits per heavy atom. The van der Waals surface area contributed by atoms with E-state index in [9.17, 15) is 8.42 Å². The highest BCUT2D eigenvalue weighted by atomic mass is 32.2. The summed E-state index contributed by atoms with van der Waals surface area (Å²) in [6.45, 7) is 4.02. The van der Waals surface area contributed by atoms with E-state index in [0.29, 0.717) is 5.92 Å². The molecule has 0 spiro atoms. The summed E-state index contributed by atoms with van der Waals surface area (Å²) in [4.78, 5) is 0. The van der Waals surface area contributed by atoms with Crippen LogP contribution in [0.3, 0.4) is 0 Å². The highest BCUT2D eigenvalue weighted by Crippen LogP contribution is 2.21. The fourth-order valence-electron chi connectivity index (χ4n) is 2.54. The number of nitrogens with one attached hydrogen (secondary N) is 1. The van der Waals surface area contributed by atoms with Crippen molar-refractivity contribution < 1.29 is 8.42 Å². The normalized spacial score (nSPS) is 17.1. The molecule has 0 saturated carbocycles. The molecule has 5 heteroatoms. The molecule has 1 aliphatic rings. The monoisotopic (exact) mass is 296 g/mol. The van der Waals surface area contributed by atoms with Crippen LogP contribution >= 0.6 is 0 Å². The SMILES string of the molecule is Cc1ccc(N(C)S(=O)(=O)CCC2CCNCC2)cc1. The van der Waals surface area contributed by atoms with Crippen molar-refractivity contribution in [3.8, 4) is 0 Å². The van der Waals surface area contributed by atoms with Crippen LogP contribution in [-0.2, 0) is 10.0 Å². The summed E-state index contributed by atoms with van der Waals surface area (Å²) in [6.07, 6.45) is 2.94. The second kappa shape index (κ2) is 6.59. The lowest BCUT2D eigenvalue weighted by atomic mass is 9.96. The van der Waals surface area contributed by atoms with E-state index < -0.39 is 10.0 Å². The van der Waals surface area contributed by atoms with E-state index in [-0.39, 0.29) is 5.75 Å². The first-order chi connectivity index (χ1) is 9.49. The summed E-state index contributed by atoms with van der Waals surface area (Å²) >= 11 is 0. The second-order valence-electron chi connectivity index (χ2n) is 5.60. The van der Waals surface area contributed by atoms with Crippen LogP contribution < -0.4 is 9.62 Å². The number of sulfonamides is 1. The minimum absolute atomic E-state index is 0.238. The van der Waals surface area contributed by atoms with Crippen LogP contribution in [0, 0.1) is 12.8 Å². The van der Waals surface area contributed by atoms with Gasteiger partial charge in [0, 0.05) is 7.05 Å². The zero-order valence-electron chi connectivity index (χ0n) is 12.3. The van der Waals surface area contributed by atoms with Crippen LogP contribution in [-0.4, -0.2) is 34.3 Å². The molecule has 112 valence electrons. The first kappa shape index (κ1) is 15.3. The Labute approximate surface area is 122 Å². The Kier molecular flexibility index (Phi) is 5.05. The molecule has 1 N–H and O–H groups in total. The van der Waals surface area contributed by atoms with E-state index in [0.717, 1.165) is 43.6 Å². The molecule has 0 atom stereocenters. The van der Waals surface area contributed by atoms with E-state index in [1.165, 1.54) is 4.31 Å². The number of rotatable bonds is 5. The fourth-order valence-corrected chi connectivity index (χ4v) is 3.89. The number of anilines is 1. The number of piperidine rings is 1. The Balaban J connectivity index is 1.96. The van der Waals surface area contributed by atoms with E-state index in [1.807, 2.05) is 31.2 Å². The molecule has 1 aliphatic heterocycles. The zero-order chi connectivity index (χ0) is 14.6. The van der Waals surface area contributed by atoms with Crippen molar-refractivity contribution in [2.24, 2.45) is 5.92 Å². The van der Waals surface area contributed by atoms with Gasteiger partial charge in [0.1, 0.15) is 0 Å². The van der Waals surface area contributed by atoms with Crippen molar-refractivity contribution in [1.29, 1.82) is 0 Å². The maximum absolute atomic E-state index is 12.4. The van der Waals surface area contributed by atoms with Gasteiger partial charge in [-0.1, -0.05) is 17.7 Å². The molecule has 0 aromatic heterocycles. The summed E-state index contributed by atoms with van der Waals surface area (Å²) in [5, 5.41) is 3.31. The largest absolute Gasteiger partial charge is 0.317 e. The van der Waals surface area contributed by atoms with Gasteiger partial charge in [0.25, 0.3) is 0 Å². The minimum Gasteiger partial charge on any atom is -0.317 e. The molecule has 20 heavy (non-hydrogen) atoms. The Bertz CT molecular complexity index is 519. The summed E-state index contributed by atoms with van der Waals surface area (Å²) < 4.78 is 26.1. The topological polar surface area (TPSA) is 49.4 Å². The first-order valence-corrected chi connectivity index (χ1v) is 8.84. The van der Waals surface area contributed by atoms with E-state index >= 15 is 0 Å². The minimum atomic E-state index is -3.21. The smallest absolute Gasteiger partial charge is 0.234 e. The van der Waals surface area contributed by atoms with Gasteiger partial charge in [-0.3, -0.25) is 4.31 Å². The molecule has 0 unspecified atom stereocenters. The van der Waals surface area contributed by atoms with Crippen molar-refractivity contribution in [3.05, 3.63) is 29.8 Å². The van der Waals surface area contributed by atoms with Crippen molar-refractivity contribution in [2.45, 2.75) is 26.2 Å². The van der Waals surface area contributed by atoms with Gasteiger partial charge in [0.05, 0.1) is 11.4 Å². The van der Waals surface area contributed by atoms with Gasteiger partial charge in [0.15, 0.2) is 0 Å². The molecule has 1 heterocycles. The third kappa shape index (κ3) is 3.96. The quantitative estimate of drug-likeness (QED) is 0.906. The van der Waals surface area contributed by atoms with Gasteiger partial charge in [-0.05, 0) is 57.3 Å². The molecule has 2 rings (SSSR count). The summed E-state index contributed by atoms with van der Waals surface area (Å²) in [7, 11) is -1.57. The highest BCUT2D eigenvalue weighted by molar-refractivity contribution is 7.92. The third-order valence-corrected chi connectivity index (χ3v) is 5.85. The molecular formula is C15H24N2O2S. The second-order valence-corrected chi connectivity index (χ2v) is 7.72. The van der Waals surface area contributed by atoms with Crippen molar-refractivity contribution in [3.63, 3.8) is 0 Å². The average Bonchev–Trinajstić information content (AvgIpc) is 2.46. The predicted molar refractivity (Wildman–Crippen MR) is 83.6 cm³/mol. The zero-order valence-corrected chi connectivity index (χ0v) is 13.1. The van der Waals surface area contributed by atoms with Crippen LogP contribution in [0.1, 0.15) is 24.8 Å². The fraction of sp³-hybridized carbons (Fsp3) is 0.600. The van der Waals surface area contributed by atoms with Crippen molar-refractivity contribution >= 4 is 15.7 Å². The van der Waals surface area contributed by atoms with Crippen molar-refractivity contribution in [2.75, 3.05) is 30.2 Å². The molecule has 0 aliphatic carbocycles. The molecule has 1 aromatic carbocycles. The van der Waals surface area contributed by atoms with Crippen LogP contribution in [0.2, 0.25) is 0 Å². The van der Waals surface area contributed by atoms with Crippen LogP contribution in [0.25, 0.3) is 0 Å². The number of benzene rings is 1. The van der Waals surface area contributed by atoms with Gasteiger partial charge in [0.2, 0.25) is 10.0 Å². The van der Waals surface area contributed by atoms with E-state index in [1.54, 1.807) is 7.05 Å². The predicted octanol–water partition coefficient (Wildman–Crippen LogP) is 2.15. The Morgan fingerprint density at radius 2 is 1.80 bits per heavy atom. The first-order valence-electron chi connectivity index (χ1n) is 7.23. The van der Waals surface area contributed by atoms with Crippen LogP contribution in [0.4, 0.5) is 5.69 Å². The summed E-state index contributed by atoms with van der Waals surface area (Å²) in [6, 6.07) is 7.59. The lowest BCUT2D eigenvalue weighted by Crippen LogP contribution is -2.32. The molecular weight excluding hydrogens is 272 g/mol. The number of aryl methyl sites for hydroxylation is 1. The van der Waals surface area contributed by atoms with E-state index in [4.69, 9.17) is 0 Å². The number of hydrogen-bond donors (Lipinski definition) is 1. The molecule has 0 amide bonds. The lowest BCUT2D eigenvalue weighted by molar-refractivity contribution is 0.365. The van der Waals surface area contributed by atoms with Crippen LogP contribution in [0.5, 0.6) is 0 Å². The molecule has 0 bridgehead atoms. The third-order valence-electron chi connectivity index (χ3n) is 4.06. The Morgan fingerprint density at radius 1 is 1.20 bits per heavy atom. The number of hydrogen-bond acceptors (Lipinski definition) is 3. The molecule has 1 aromatic rings. The maximum atomic E-state index is 12.4. The highest BCUT2D eigenvalue weighted by Gasteiger charge is 2.21. The maximum Gasteiger partial charge on any atom is 0.234 e. The summed E-state index contributed by atoms with van der Waals surface area (Å²) in [5.41, 5.74) is 1.87. The lowest BCUT2D eigenvalue weighted by Gasteiger charge is -2.24. The number of nitrogens with zero attached hydrogens (tertiary/aromatic N) is 1. The van der Waals surface area contributed by atoms with Gasteiger partial charge in [-0.25, -0.2) is 8.42 Å². The average molecular weight is 296 g/mol. The van der Waals surface area contributed by atoms with Gasteiger partial charge >= 0.3 is 0 Å². The van der Waals surface area contributed by atoms with Gasteiger partial charge in [-0.15, -0.1) is 0 Å².